The molecule has 1 saturated carbocycles. The maximum absolute atomic E-state index is 12.2. The number of amides is 2. The van der Waals surface area contributed by atoms with E-state index in [1.165, 1.54) is 0 Å². The number of carbonyl (C=O) groups excluding carboxylic acids is 2. The van der Waals surface area contributed by atoms with Gasteiger partial charge in [-0.1, -0.05) is 26.1 Å². The van der Waals surface area contributed by atoms with Crippen LogP contribution < -0.4 is 16.4 Å². The van der Waals surface area contributed by atoms with Gasteiger partial charge in [-0.15, -0.1) is 0 Å². The number of hydrogen-bond donors (Lipinski definition) is 3. The molecule has 1 unspecified atom stereocenters. The predicted octanol–water partition coefficient (Wildman–Crippen LogP) is 1.11. The normalized spacial score (nSPS) is 26.2. The van der Waals surface area contributed by atoms with Crippen molar-refractivity contribution in [1.29, 1.82) is 0 Å². The van der Waals surface area contributed by atoms with E-state index in [2.05, 4.69) is 17.6 Å². The topological polar surface area (TPSA) is 84.2 Å². The lowest BCUT2D eigenvalue weighted by atomic mass is 9.62. The molecule has 0 aliphatic heterocycles. The van der Waals surface area contributed by atoms with E-state index in [1.807, 2.05) is 13.8 Å². The van der Waals surface area contributed by atoms with Crippen molar-refractivity contribution in [2.24, 2.45) is 17.1 Å². The SMILES string of the molecule is CCC(C)NC(=O)CCNC(=O)C1(C(N)=S)CC(C)C1. The van der Waals surface area contributed by atoms with Crippen LogP contribution in [0.5, 0.6) is 0 Å². The van der Waals surface area contributed by atoms with Crippen LogP contribution in [0.15, 0.2) is 0 Å². The molecule has 20 heavy (non-hydrogen) atoms. The van der Waals surface area contributed by atoms with Crippen molar-refractivity contribution in [3.05, 3.63) is 0 Å². The van der Waals surface area contributed by atoms with E-state index in [4.69, 9.17) is 18.0 Å². The van der Waals surface area contributed by atoms with Crippen LogP contribution in [0.3, 0.4) is 0 Å². The highest BCUT2D eigenvalue weighted by atomic mass is 32.1. The molecule has 0 aromatic rings. The van der Waals surface area contributed by atoms with Crippen molar-refractivity contribution >= 4 is 29.0 Å². The number of carbonyl (C=O) groups is 2. The van der Waals surface area contributed by atoms with Crippen LogP contribution in [0.1, 0.15) is 46.5 Å². The highest BCUT2D eigenvalue weighted by Gasteiger charge is 2.50. The second-order valence-corrected chi connectivity index (χ2v) is 6.28. The smallest absolute Gasteiger partial charge is 0.233 e. The van der Waals surface area contributed by atoms with Gasteiger partial charge < -0.3 is 16.4 Å². The molecule has 1 aliphatic carbocycles. The highest BCUT2D eigenvalue weighted by molar-refractivity contribution is 7.80. The van der Waals surface area contributed by atoms with Crippen LogP contribution in [0.4, 0.5) is 0 Å². The fourth-order valence-corrected chi connectivity index (χ4v) is 2.80. The van der Waals surface area contributed by atoms with Crippen molar-refractivity contribution in [3.8, 4) is 0 Å². The molecule has 0 aromatic heterocycles. The molecular formula is C14H25N3O2S. The lowest BCUT2D eigenvalue weighted by molar-refractivity contribution is -0.133. The Bertz CT molecular complexity index is 392. The first-order chi connectivity index (χ1) is 9.31. The van der Waals surface area contributed by atoms with E-state index >= 15 is 0 Å². The fraction of sp³-hybridized carbons (Fsp3) is 0.786. The molecule has 0 heterocycles. The fourth-order valence-electron chi connectivity index (χ4n) is 2.54. The summed E-state index contributed by atoms with van der Waals surface area (Å²) in [6, 6.07) is 0.161. The predicted molar refractivity (Wildman–Crippen MR) is 83.1 cm³/mol. The molecule has 5 nitrogen and oxygen atoms in total. The van der Waals surface area contributed by atoms with Gasteiger partial charge >= 0.3 is 0 Å². The first-order valence-electron chi connectivity index (χ1n) is 7.19. The molecule has 1 atom stereocenters. The van der Waals surface area contributed by atoms with Crippen molar-refractivity contribution in [2.45, 2.75) is 52.5 Å². The van der Waals surface area contributed by atoms with Gasteiger partial charge in [-0.2, -0.15) is 0 Å². The third kappa shape index (κ3) is 3.91. The molecule has 0 aromatic carbocycles. The Morgan fingerprint density at radius 3 is 2.50 bits per heavy atom. The lowest BCUT2D eigenvalue weighted by Crippen LogP contribution is -2.56. The number of hydrogen-bond acceptors (Lipinski definition) is 3. The molecule has 6 heteroatoms. The minimum Gasteiger partial charge on any atom is -0.392 e. The summed E-state index contributed by atoms with van der Waals surface area (Å²) < 4.78 is 0. The van der Waals surface area contributed by atoms with E-state index < -0.39 is 5.41 Å². The van der Waals surface area contributed by atoms with Crippen molar-refractivity contribution in [3.63, 3.8) is 0 Å². The van der Waals surface area contributed by atoms with Crippen molar-refractivity contribution in [2.75, 3.05) is 6.54 Å². The molecule has 0 spiro atoms. The number of thiocarbonyl (C=S) groups is 1. The van der Waals surface area contributed by atoms with Crippen LogP contribution in [0.25, 0.3) is 0 Å². The van der Waals surface area contributed by atoms with Gasteiger partial charge in [-0.3, -0.25) is 9.59 Å². The third-order valence-electron chi connectivity index (χ3n) is 3.96. The summed E-state index contributed by atoms with van der Waals surface area (Å²) in [5.74, 6) is 0.279. The highest BCUT2D eigenvalue weighted by Crippen LogP contribution is 2.45. The molecule has 114 valence electrons. The Balaban J connectivity index is 2.36. The van der Waals surface area contributed by atoms with Gasteiger partial charge in [0.05, 0.1) is 10.4 Å². The Hall–Kier alpha value is -1.17. The van der Waals surface area contributed by atoms with Crippen molar-refractivity contribution in [1.82, 2.24) is 10.6 Å². The second-order valence-electron chi connectivity index (χ2n) is 5.84. The molecule has 1 fully saturated rings. The van der Waals surface area contributed by atoms with E-state index in [-0.39, 0.29) is 29.3 Å². The molecule has 4 N–H and O–H groups in total. The zero-order chi connectivity index (χ0) is 15.3. The number of rotatable bonds is 7. The zero-order valence-electron chi connectivity index (χ0n) is 12.5. The van der Waals surface area contributed by atoms with E-state index in [0.29, 0.717) is 25.3 Å². The maximum atomic E-state index is 12.2. The van der Waals surface area contributed by atoms with Crippen LogP contribution in [-0.2, 0) is 9.59 Å². The maximum Gasteiger partial charge on any atom is 0.233 e. The van der Waals surface area contributed by atoms with E-state index in [9.17, 15) is 9.59 Å². The van der Waals surface area contributed by atoms with Crippen LogP contribution in [-0.4, -0.2) is 29.4 Å². The first-order valence-corrected chi connectivity index (χ1v) is 7.60. The summed E-state index contributed by atoms with van der Waals surface area (Å²) >= 11 is 5.02. The van der Waals surface area contributed by atoms with E-state index in [1.54, 1.807) is 0 Å². The third-order valence-corrected chi connectivity index (χ3v) is 4.35. The van der Waals surface area contributed by atoms with Gasteiger partial charge in [-0.25, -0.2) is 0 Å². The van der Waals surface area contributed by atoms with Crippen molar-refractivity contribution < 1.29 is 9.59 Å². The molecule has 1 aliphatic rings. The van der Waals surface area contributed by atoms with E-state index in [0.717, 1.165) is 6.42 Å². The molecule has 2 amide bonds. The molecule has 1 rings (SSSR count). The Morgan fingerprint density at radius 1 is 1.45 bits per heavy atom. The standard InChI is InChI=1S/C14H25N3O2S/c1-4-10(3)17-11(18)5-6-16-13(19)14(12(15)20)7-9(2)8-14/h9-10H,4-8H2,1-3H3,(H2,15,20)(H,16,19)(H,17,18). The minimum atomic E-state index is -0.693. The number of nitrogens with two attached hydrogens (primary N) is 1. The van der Waals surface area contributed by atoms with Gasteiger partial charge in [0, 0.05) is 19.0 Å². The molecule has 0 bridgehead atoms. The summed E-state index contributed by atoms with van der Waals surface area (Å²) in [4.78, 5) is 24.0. The average Bonchev–Trinajstić information content (AvgIpc) is 2.33. The van der Waals surface area contributed by atoms with Gasteiger partial charge in [-0.05, 0) is 32.1 Å². The molecule has 0 radical (unpaired) electrons. The zero-order valence-corrected chi connectivity index (χ0v) is 13.3. The van der Waals surface area contributed by atoms with Gasteiger partial charge in [0.25, 0.3) is 0 Å². The first kappa shape index (κ1) is 16.9. The quantitative estimate of drug-likeness (QED) is 0.615. The summed E-state index contributed by atoms with van der Waals surface area (Å²) in [6.07, 6.45) is 2.57. The Labute approximate surface area is 126 Å². The summed E-state index contributed by atoms with van der Waals surface area (Å²) in [7, 11) is 0. The minimum absolute atomic E-state index is 0.0500. The Morgan fingerprint density at radius 2 is 2.05 bits per heavy atom. The summed E-state index contributed by atoms with van der Waals surface area (Å²) in [5, 5.41) is 5.64. The average molecular weight is 299 g/mol. The van der Waals surface area contributed by atoms with Crippen LogP contribution in [0, 0.1) is 11.3 Å². The van der Waals surface area contributed by atoms with Crippen LogP contribution in [0.2, 0.25) is 0 Å². The molecular weight excluding hydrogens is 274 g/mol. The monoisotopic (exact) mass is 299 g/mol. The number of nitrogens with one attached hydrogen (secondary N) is 2. The van der Waals surface area contributed by atoms with Gasteiger partial charge in [0.15, 0.2) is 0 Å². The summed E-state index contributed by atoms with van der Waals surface area (Å²) in [5.41, 5.74) is 5.01. The van der Waals surface area contributed by atoms with Gasteiger partial charge in [0.2, 0.25) is 11.8 Å². The van der Waals surface area contributed by atoms with Gasteiger partial charge in [0.1, 0.15) is 0 Å². The summed E-state index contributed by atoms with van der Waals surface area (Å²) in [6.45, 7) is 6.35. The molecule has 0 saturated heterocycles. The second kappa shape index (κ2) is 7.02. The largest absolute Gasteiger partial charge is 0.392 e. The Kier molecular flexibility index (Phi) is 5.92. The lowest BCUT2D eigenvalue weighted by Gasteiger charge is -2.44. The van der Waals surface area contributed by atoms with Crippen LogP contribution >= 0.6 is 12.2 Å².